The Hall–Kier alpha value is -1.72. The number of benzene rings is 2. The van der Waals surface area contributed by atoms with E-state index in [1.807, 2.05) is 12.1 Å². The Balaban J connectivity index is 2.09. The highest BCUT2D eigenvalue weighted by atomic mass is 35.5. The van der Waals surface area contributed by atoms with Crippen molar-refractivity contribution in [1.29, 1.82) is 0 Å². The highest BCUT2D eigenvalue weighted by Crippen LogP contribution is 2.37. The van der Waals surface area contributed by atoms with E-state index in [0.717, 1.165) is 5.56 Å². The molecule has 1 aliphatic rings. The lowest BCUT2D eigenvalue weighted by Crippen LogP contribution is -2.29. The number of nitrogens with zero attached hydrogens (tertiary/aromatic N) is 1. The molecule has 0 bridgehead atoms. The molecule has 0 fully saturated rings. The first-order valence-corrected chi connectivity index (χ1v) is 7.97. The minimum absolute atomic E-state index is 0.220. The van der Waals surface area contributed by atoms with E-state index in [4.69, 9.17) is 17.3 Å². The summed E-state index contributed by atoms with van der Waals surface area (Å²) in [6.07, 6.45) is 0.674. The van der Waals surface area contributed by atoms with Gasteiger partial charge in [0.1, 0.15) is 0 Å². The second-order valence-corrected chi connectivity index (χ2v) is 6.93. The number of hydrogen-bond donors (Lipinski definition) is 1. The summed E-state index contributed by atoms with van der Waals surface area (Å²) in [4.78, 5) is 0.220. The number of anilines is 2. The number of nitrogen functional groups attached to an aromatic ring is 1. The van der Waals surface area contributed by atoms with Crippen molar-refractivity contribution in [2.75, 3.05) is 16.6 Å². The third-order valence-corrected chi connectivity index (χ3v) is 5.45. The van der Waals surface area contributed by atoms with Crippen LogP contribution in [-0.2, 0) is 16.4 Å². The van der Waals surface area contributed by atoms with Crippen LogP contribution in [0, 0.1) is 0 Å². The summed E-state index contributed by atoms with van der Waals surface area (Å²) in [5.41, 5.74) is 7.98. The van der Waals surface area contributed by atoms with E-state index in [9.17, 15) is 8.42 Å². The molecule has 20 heavy (non-hydrogen) atoms. The molecule has 0 radical (unpaired) electrons. The van der Waals surface area contributed by atoms with Crippen LogP contribution in [0.4, 0.5) is 11.4 Å². The molecule has 0 saturated heterocycles. The smallest absolute Gasteiger partial charge is 0.264 e. The highest BCUT2D eigenvalue weighted by molar-refractivity contribution is 7.92. The molecule has 3 rings (SSSR count). The molecule has 104 valence electrons. The first-order valence-electron chi connectivity index (χ1n) is 6.16. The van der Waals surface area contributed by atoms with Crippen LogP contribution in [-0.4, -0.2) is 15.0 Å². The molecule has 0 aromatic heterocycles. The Morgan fingerprint density at radius 2 is 1.80 bits per heavy atom. The van der Waals surface area contributed by atoms with Crippen molar-refractivity contribution < 1.29 is 8.42 Å². The zero-order valence-electron chi connectivity index (χ0n) is 10.6. The molecule has 1 heterocycles. The Morgan fingerprint density at radius 1 is 1.10 bits per heavy atom. The molecule has 0 aliphatic carbocycles. The van der Waals surface area contributed by atoms with Crippen LogP contribution >= 0.6 is 11.6 Å². The summed E-state index contributed by atoms with van der Waals surface area (Å²) < 4.78 is 26.8. The van der Waals surface area contributed by atoms with Gasteiger partial charge in [0.2, 0.25) is 0 Å². The van der Waals surface area contributed by atoms with E-state index in [2.05, 4.69) is 0 Å². The number of sulfonamides is 1. The fourth-order valence-electron chi connectivity index (χ4n) is 2.43. The second-order valence-electron chi connectivity index (χ2n) is 4.64. The van der Waals surface area contributed by atoms with Crippen molar-refractivity contribution in [2.24, 2.45) is 0 Å². The van der Waals surface area contributed by atoms with Gasteiger partial charge in [-0.05, 0) is 42.3 Å². The maximum Gasteiger partial charge on any atom is 0.264 e. The maximum atomic E-state index is 12.7. The molecule has 2 aromatic rings. The quantitative estimate of drug-likeness (QED) is 0.868. The van der Waals surface area contributed by atoms with Crippen LogP contribution in [0.15, 0.2) is 47.4 Å². The number of hydrogen-bond acceptors (Lipinski definition) is 3. The van der Waals surface area contributed by atoms with Crippen LogP contribution in [0.25, 0.3) is 0 Å². The first-order chi connectivity index (χ1) is 9.50. The Kier molecular flexibility index (Phi) is 3.11. The van der Waals surface area contributed by atoms with Gasteiger partial charge in [-0.1, -0.05) is 23.7 Å². The van der Waals surface area contributed by atoms with Crippen LogP contribution in [0.5, 0.6) is 0 Å². The van der Waals surface area contributed by atoms with Gasteiger partial charge in [0.25, 0.3) is 10.0 Å². The lowest BCUT2D eigenvalue weighted by Gasteiger charge is -2.21. The zero-order chi connectivity index (χ0) is 14.3. The number of fused-ring (bicyclic) bond motifs is 1. The molecule has 0 amide bonds. The van der Waals surface area contributed by atoms with Crippen molar-refractivity contribution in [1.82, 2.24) is 0 Å². The average Bonchev–Trinajstić information content (AvgIpc) is 2.85. The molecule has 0 spiro atoms. The maximum absolute atomic E-state index is 12.7. The van der Waals surface area contributed by atoms with E-state index in [-0.39, 0.29) is 4.90 Å². The van der Waals surface area contributed by atoms with Crippen LogP contribution in [0.1, 0.15) is 5.56 Å². The predicted octanol–water partition coefficient (Wildman–Crippen LogP) is 2.67. The summed E-state index contributed by atoms with van der Waals surface area (Å²) in [5, 5.41) is 0.505. The van der Waals surface area contributed by atoms with Gasteiger partial charge in [0, 0.05) is 11.6 Å². The minimum atomic E-state index is -3.60. The van der Waals surface area contributed by atoms with Crippen molar-refractivity contribution >= 4 is 33.0 Å². The summed E-state index contributed by atoms with van der Waals surface area (Å²) >= 11 is 5.80. The predicted molar refractivity (Wildman–Crippen MR) is 80.5 cm³/mol. The van der Waals surface area contributed by atoms with E-state index < -0.39 is 10.0 Å². The standard InChI is InChI=1S/C14H13ClN2O2S/c15-11-4-6-12(7-5-11)20(18,19)17-9-8-10-2-1-3-13(16)14(10)17/h1-7H,8-9,16H2. The van der Waals surface area contributed by atoms with Crippen molar-refractivity contribution in [3.05, 3.63) is 53.1 Å². The third kappa shape index (κ3) is 2.03. The molecule has 0 atom stereocenters. The van der Waals surface area contributed by atoms with Crippen molar-refractivity contribution in [3.8, 4) is 0 Å². The average molecular weight is 309 g/mol. The topological polar surface area (TPSA) is 63.4 Å². The summed E-state index contributed by atoms with van der Waals surface area (Å²) in [6, 6.07) is 11.6. The Bertz CT molecular complexity index is 757. The van der Waals surface area contributed by atoms with Gasteiger partial charge in [-0.15, -0.1) is 0 Å². The lowest BCUT2D eigenvalue weighted by molar-refractivity contribution is 0.592. The van der Waals surface area contributed by atoms with E-state index in [1.54, 1.807) is 18.2 Å². The second kappa shape index (κ2) is 4.68. The van der Waals surface area contributed by atoms with Crippen molar-refractivity contribution in [3.63, 3.8) is 0 Å². The van der Waals surface area contributed by atoms with Crippen LogP contribution in [0.2, 0.25) is 5.02 Å². The minimum Gasteiger partial charge on any atom is -0.397 e. The number of rotatable bonds is 2. The molecule has 4 nitrogen and oxygen atoms in total. The molecular weight excluding hydrogens is 296 g/mol. The summed E-state index contributed by atoms with van der Waals surface area (Å²) in [6.45, 7) is 0.411. The monoisotopic (exact) mass is 308 g/mol. The van der Waals surface area contributed by atoms with E-state index in [1.165, 1.54) is 16.4 Å². The fraction of sp³-hybridized carbons (Fsp3) is 0.143. The largest absolute Gasteiger partial charge is 0.397 e. The summed E-state index contributed by atoms with van der Waals surface area (Å²) in [5.74, 6) is 0. The molecule has 1 aliphatic heterocycles. The highest BCUT2D eigenvalue weighted by Gasteiger charge is 2.32. The lowest BCUT2D eigenvalue weighted by atomic mass is 10.1. The van der Waals surface area contributed by atoms with Crippen molar-refractivity contribution in [2.45, 2.75) is 11.3 Å². The number of halogens is 1. The van der Waals surface area contributed by atoms with Crippen LogP contribution < -0.4 is 10.0 Å². The van der Waals surface area contributed by atoms with Gasteiger partial charge in [-0.3, -0.25) is 4.31 Å². The van der Waals surface area contributed by atoms with Gasteiger partial charge in [-0.25, -0.2) is 8.42 Å². The molecule has 6 heteroatoms. The Labute approximate surface area is 122 Å². The number of nitrogens with two attached hydrogens (primary N) is 1. The zero-order valence-corrected chi connectivity index (χ0v) is 12.2. The number of para-hydroxylation sites is 1. The first kappa shape index (κ1) is 13.3. The van der Waals surface area contributed by atoms with Gasteiger partial charge >= 0.3 is 0 Å². The third-order valence-electron chi connectivity index (χ3n) is 3.39. The van der Waals surface area contributed by atoms with E-state index in [0.29, 0.717) is 29.4 Å². The SMILES string of the molecule is Nc1cccc2c1N(S(=O)(=O)c1ccc(Cl)cc1)CC2. The van der Waals surface area contributed by atoms with Gasteiger partial charge in [0.15, 0.2) is 0 Å². The molecule has 2 N–H and O–H groups in total. The molecule has 0 unspecified atom stereocenters. The van der Waals surface area contributed by atoms with E-state index >= 15 is 0 Å². The molecular formula is C14H13ClN2O2S. The molecule has 2 aromatic carbocycles. The normalized spacial score (nSPS) is 14.3. The fourth-order valence-corrected chi connectivity index (χ4v) is 4.08. The van der Waals surface area contributed by atoms with Gasteiger partial charge in [0.05, 0.1) is 16.3 Å². The summed E-state index contributed by atoms with van der Waals surface area (Å²) in [7, 11) is -3.60. The van der Waals surface area contributed by atoms with Gasteiger partial charge < -0.3 is 5.73 Å². The van der Waals surface area contributed by atoms with Crippen LogP contribution in [0.3, 0.4) is 0 Å². The van der Waals surface area contributed by atoms with Gasteiger partial charge in [-0.2, -0.15) is 0 Å². The Morgan fingerprint density at radius 3 is 2.50 bits per heavy atom. The molecule has 0 saturated carbocycles.